The number of carbonyl (C=O) groups is 1. The fourth-order valence-electron chi connectivity index (χ4n) is 3.37. The van der Waals surface area contributed by atoms with Gasteiger partial charge in [-0.1, -0.05) is 0 Å². The second kappa shape index (κ2) is 6.07. The van der Waals surface area contributed by atoms with E-state index in [2.05, 4.69) is 34.0 Å². The lowest BCUT2D eigenvalue weighted by atomic mass is 10.0. The van der Waals surface area contributed by atoms with Crippen LogP contribution >= 0.6 is 0 Å². The van der Waals surface area contributed by atoms with Gasteiger partial charge in [-0.2, -0.15) is 0 Å². The van der Waals surface area contributed by atoms with Crippen LogP contribution in [-0.2, 0) is 4.74 Å². The summed E-state index contributed by atoms with van der Waals surface area (Å²) < 4.78 is 5.94. The van der Waals surface area contributed by atoms with Crippen molar-refractivity contribution in [1.82, 2.24) is 20.2 Å². The molecular formula is C15H22N4O2. The number of hydrogen-bond acceptors (Lipinski definition) is 5. The molecule has 114 valence electrons. The van der Waals surface area contributed by atoms with Crippen LogP contribution in [-0.4, -0.2) is 58.2 Å². The van der Waals surface area contributed by atoms with Gasteiger partial charge in [0, 0.05) is 37.6 Å². The van der Waals surface area contributed by atoms with E-state index in [0.717, 1.165) is 26.0 Å². The third-order valence-corrected chi connectivity index (χ3v) is 4.34. The minimum absolute atomic E-state index is 0.0206. The van der Waals surface area contributed by atoms with Crippen molar-refractivity contribution in [3.8, 4) is 0 Å². The van der Waals surface area contributed by atoms with Gasteiger partial charge in [0.2, 0.25) is 0 Å². The predicted molar refractivity (Wildman–Crippen MR) is 77.9 cm³/mol. The van der Waals surface area contributed by atoms with Crippen molar-refractivity contribution in [2.75, 3.05) is 13.2 Å². The van der Waals surface area contributed by atoms with Crippen molar-refractivity contribution in [3.05, 3.63) is 24.3 Å². The number of hydrogen-bond donors (Lipinski definition) is 1. The van der Waals surface area contributed by atoms with E-state index in [1.54, 1.807) is 6.20 Å². The van der Waals surface area contributed by atoms with Crippen molar-refractivity contribution in [2.45, 2.75) is 50.9 Å². The van der Waals surface area contributed by atoms with Crippen LogP contribution < -0.4 is 5.32 Å². The highest BCUT2D eigenvalue weighted by atomic mass is 16.5. The second-order valence-corrected chi connectivity index (χ2v) is 6.01. The number of ether oxygens (including phenoxy) is 1. The number of carbonyl (C=O) groups excluding carboxylic acids is 1. The fraction of sp³-hybridized carbons (Fsp3) is 0.667. The third kappa shape index (κ3) is 2.91. The molecule has 0 unspecified atom stereocenters. The van der Waals surface area contributed by atoms with Crippen LogP contribution in [0.25, 0.3) is 0 Å². The fourth-order valence-corrected chi connectivity index (χ4v) is 3.37. The van der Waals surface area contributed by atoms with E-state index in [1.165, 1.54) is 12.4 Å². The number of nitrogens with one attached hydrogen (secondary N) is 1. The highest BCUT2D eigenvalue weighted by Gasteiger charge is 2.45. The van der Waals surface area contributed by atoms with E-state index in [9.17, 15) is 4.79 Å². The zero-order valence-electron chi connectivity index (χ0n) is 12.5. The minimum Gasteiger partial charge on any atom is -0.374 e. The molecule has 2 saturated heterocycles. The Morgan fingerprint density at radius 2 is 2.33 bits per heavy atom. The second-order valence-electron chi connectivity index (χ2n) is 6.01. The number of aromatic nitrogens is 2. The summed E-state index contributed by atoms with van der Waals surface area (Å²) in [5, 5.41) is 3.07. The number of amides is 1. The van der Waals surface area contributed by atoms with Crippen LogP contribution in [0.15, 0.2) is 18.6 Å². The quantitative estimate of drug-likeness (QED) is 0.894. The molecule has 1 N–H and O–H groups in total. The standard InChI is InChI=1S/C15H22N4O2/c1-10(2)19-9-12(14-13(19)4-3-7-21-14)18-15(20)11-8-16-5-6-17-11/h5-6,8,10,12-14H,3-4,7,9H2,1-2H3,(H,18,20)/t12-,13-,14-/m1/s1. The van der Waals surface area contributed by atoms with Crippen LogP contribution in [0.5, 0.6) is 0 Å². The topological polar surface area (TPSA) is 67.4 Å². The number of likely N-dealkylation sites (tertiary alicyclic amines) is 1. The molecule has 1 aromatic rings. The Hall–Kier alpha value is -1.53. The molecule has 1 amide bonds. The monoisotopic (exact) mass is 290 g/mol. The number of nitrogens with zero attached hydrogens (tertiary/aromatic N) is 3. The normalized spacial score (nSPS) is 29.4. The Morgan fingerprint density at radius 1 is 1.48 bits per heavy atom. The summed E-state index contributed by atoms with van der Waals surface area (Å²) in [6.45, 7) is 6.00. The molecular weight excluding hydrogens is 268 g/mol. The maximum atomic E-state index is 12.3. The summed E-state index contributed by atoms with van der Waals surface area (Å²) in [7, 11) is 0. The lowest BCUT2D eigenvalue weighted by Crippen LogP contribution is -2.48. The predicted octanol–water partition coefficient (Wildman–Crippen LogP) is 0.847. The summed E-state index contributed by atoms with van der Waals surface area (Å²) in [6.07, 6.45) is 6.90. The summed E-state index contributed by atoms with van der Waals surface area (Å²) >= 11 is 0. The van der Waals surface area contributed by atoms with Gasteiger partial charge in [-0.25, -0.2) is 4.98 Å². The van der Waals surface area contributed by atoms with Gasteiger partial charge < -0.3 is 10.1 Å². The van der Waals surface area contributed by atoms with Gasteiger partial charge in [0.05, 0.1) is 18.3 Å². The minimum atomic E-state index is -0.174. The number of fused-ring (bicyclic) bond motifs is 1. The summed E-state index contributed by atoms with van der Waals surface area (Å²) in [5.74, 6) is -0.174. The first kappa shape index (κ1) is 14.4. The highest BCUT2D eigenvalue weighted by Crippen LogP contribution is 2.30. The van der Waals surface area contributed by atoms with Crippen LogP contribution in [0, 0.1) is 0 Å². The zero-order chi connectivity index (χ0) is 14.8. The molecule has 0 bridgehead atoms. The first-order valence-electron chi connectivity index (χ1n) is 7.61. The maximum absolute atomic E-state index is 12.3. The molecule has 3 rings (SSSR count). The van der Waals surface area contributed by atoms with E-state index >= 15 is 0 Å². The van der Waals surface area contributed by atoms with Gasteiger partial charge in [-0.15, -0.1) is 0 Å². The van der Waals surface area contributed by atoms with Crippen LogP contribution in [0.3, 0.4) is 0 Å². The van der Waals surface area contributed by atoms with Gasteiger partial charge in [-0.3, -0.25) is 14.7 Å². The average molecular weight is 290 g/mol. The van der Waals surface area contributed by atoms with E-state index in [0.29, 0.717) is 17.8 Å². The Bertz CT molecular complexity index is 494. The Kier molecular flexibility index (Phi) is 4.17. The van der Waals surface area contributed by atoms with Crippen molar-refractivity contribution in [2.24, 2.45) is 0 Å². The molecule has 0 aromatic carbocycles. The summed E-state index contributed by atoms with van der Waals surface area (Å²) in [4.78, 5) is 22.7. The lowest BCUT2D eigenvalue weighted by Gasteiger charge is -2.34. The van der Waals surface area contributed by atoms with Crippen LogP contribution in [0.4, 0.5) is 0 Å². The van der Waals surface area contributed by atoms with Crippen molar-refractivity contribution >= 4 is 5.91 Å². The van der Waals surface area contributed by atoms with E-state index in [4.69, 9.17) is 4.74 Å². The van der Waals surface area contributed by atoms with E-state index < -0.39 is 0 Å². The SMILES string of the molecule is CC(C)N1C[C@@H](NC(=O)c2cnccn2)[C@H]2OCCC[C@H]21. The van der Waals surface area contributed by atoms with Gasteiger partial charge in [0.25, 0.3) is 5.91 Å². The molecule has 6 nitrogen and oxygen atoms in total. The first-order chi connectivity index (χ1) is 10.2. The van der Waals surface area contributed by atoms with Gasteiger partial charge in [0.15, 0.2) is 0 Å². The van der Waals surface area contributed by atoms with Gasteiger partial charge in [-0.05, 0) is 26.7 Å². The molecule has 2 aliphatic heterocycles. The molecule has 2 aliphatic rings. The van der Waals surface area contributed by atoms with Crippen molar-refractivity contribution < 1.29 is 9.53 Å². The smallest absolute Gasteiger partial charge is 0.271 e. The Balaban J connectivity index is 1.71. The largest absolute Gasteiger partial charge is 0.374 e. The Morgan fingerprint density at radius 3 is 3.05 bits per heavy atom. The maximum Gasteiger partial charge on any atom is 0.271 e. The molecule has 0 saturated carbocycles. The first-order valence-corrected chi connectivity index (χ1v) is 7.61. The zero-order valence-corrected chi connectivity index (χ0v) is 12.5. The lowest BCUT2D eigenvalue weighted by molar-refractivity contribution is -0.0243. The Labute approximate surface area is 124 Å². The van der Waals surface area contributed by atoms with Crippen LogP contribution in [0.1, 0.15) is 37.2 Å². The van der Waals surface area contributed by atoms with Crippen LogP contribution in [0.2, 0.25) is 0 Å². The molecule has 1 aromatic heterocycles. The average Bonchev–Trinajstić information content (AvgIpc) is 2.87. The molecule has 0 spiro atoms. The molecule has 0 aliphatic carbocycles. The van der Waals surface area contributed by atoms with E-state index in [1.807, 2.05) is 0 Å². The summed E-state index contributed by atoms with van der Waals surface area (Å²) in [5.41, 5.74) is 0.354. The molecule has 2 fully saturated rings. The highest BCUT2D eigenvalue weighted by molar-refractivity contribution is 5.92. The van der Waals surface area contributed by atoms with Crippen molar-refractivity contribution in [3.63, 3.8) is 0 Å². The third-order valence-electron chi connectivity index (χ3n) is 4.34. The van der Waals surface area contributed by atoms with Gasteiger partial charge >= 0.3 is 0 Å². The van der Waals surface area contributed by atoms with Gasteiger partial charge in [0.1, 0.15) is 5.69 Å². The molecule has 6 heteroatoms. The van der Waals surface area contributed by atoms with E-state index in [-0.39, 0.29) is 18.1 Å². The molecule has 3 atom stereocenters. The number of rotatable bonds is 3. The molecule has 21 heavy (non-hydrogen) atoms. The molecule has 0 radical (unpaired) electrons. The molecule has 3 heterocycles. The van der Waals surface area contributed by atoms with Crippen molar-refractivity contribution in [1.29, 1.82) is 0 Å². The summed E-state index contributed by atoms with van der Waals surface area (Å²) in [6, 6.07) is 0.885.